The molecule has 238 valence electrons. The minimum Gasteiger partial charge on any atom is -0.489 e. The number of nitrogen functional groups attached to an aromatic ring is 1. The van der Waals surface area contributed by atoms with Gasteiger partial charge in [-0.25, -0.2) is 9.78 Å². The van der Waals surface area contributed by atoms with Crippen LogP contribution in [0.4, 0.5) is 5.13 Å². The predicted octanol–water partition coefficient (Wildman–Crippen LogP) is -1.06. The van der Waals surface area contributed by atoms with Crippen molar-refractivity contribution in [3.8, 4) is 5.75 Å². The molecule has 1 aromatic carbocycles. The van der Waals surface area contributed by atoms with E-state index >= 15 is 0 Å². The van der Waals surface area contributed by atoms with Crippen molar-refractivity contribution in [2.75, 3.05) is 12.3 Å². The van der Waals surface area contributed by atoms with Crippen LogP contribution in [-0.4, -0.2) is 86.6 Å². The largest absolute Gasteiger partial charge is 0.489 e. The van der Waals surface area contributed by atoms with Crippen molar-refractivity contribution in [3.63, 3.8) is 0 Å². The third-order valence-corrected chi connectivity index (χ3v) is 7.56. The summed E-state index contributed by atoms with van der Waals surface area (Å²) in [4.78, 5) is 46.8. The van der Waals surface area contributed by atoms with Gasteiger partial charge in [-0.3, -0.25) is 14.1 Å². The molecule has 3 heterocycles. The maximum atomic E-state index is 13.2. The first-order valence-corrected chi connectivity index (χ1v) is 15.1. The average Bonchev–Trinajstić information content (AvgIpc) is 3.48. The van der Waals surface area contributed by atoms with Gasteiger partial charge in [-0.2, -0.15) is 18.2 Å². The lowest BCUT2D eigenvalue weighted by Gasteiger charge is -2.50. The molecule has 3 aromatic rings. The van der Waals surface area contributed by atoms with Gasteiger partial charge in [0.1, 0.15) is 29.6 Å². The highest BCUT2D eigenvalue weighted by Crippen LogP contribution is 2.33. The fraction of sp³-hybridized carbons (Fsp3) is 0.417. The smallest absolute Gasteiger partial charge is 0.418 e. The number of aryl methyl sites for hydroxylation is 1. The summed E-state index contributed by atoms with van der Waals surface area (Å²) < 4.78 is 44.9. The number of oxime groups is 1. The van der Waals surface area contributed by atoms with Crippen molar-refractivity contribution in [2.45, 2.75) is 51.0 Å². The topological polar surface area (TPSA) is 255 Å². The second-order valence-electron chi connectivity index (χ2n) is 10.4. The predicted molar refractivity (Wildman–Crippen MR) is 153 cm³/mol. The molecule has 4 rings (SSSR count). The third kappa shape index (κ3) is 7.05. The molecular weight excluding hydrogens is 624 g/mol. The first-order chi connectivity index (χ1) is 20.5. The molecule has 2 aromatic heterocycles. The lowest BCUT2D eigenvalue weighted by atomic mass is 9.84. The van der Waals surface area contributed by atoms with Crippen molar-refractivity contribution in [2.24, 2.45) is 17.9 Å². The molecule has 2 amide bonds. The van der Waals surface area contributed by atoms with Crippen LogP contribution in [0.2, 0.25) is 0 Å². The molecule has 0 bridgehead atoms. The van der Waals surface area contributed by atoms with E-state index in [0.29, 0.717) is 17.4 Å². The zero-order chi connectivity index (χ0) is 32.6. The molecule has 3 atom stereocenters. The number of ether oxygens (including phenoxy) is 1. The molecule has 2 unspecified atom stereocenters. The number of carboxylic acid groups (broad SMARTS) is 1. The number of hydrogen-bond acceptors (Lipinski definition) is 13. The van der Waals surface area contributed by atoms with Crippen LogP contribution in [0.5, 0.6) is 5.75 Å². The summed E-state index contributed by atoms with van der Waals surface area (Å²) >= 11 is 0.960. The number of hydrogen-bond donors (Lipinski definition) is 5. The van der Waals surface area contributed by atoms with Gasteiger partial charge in [0, 0.05) is 5.38 Å². The number of nitrogens with one attached hydrogen (secondary N) is 1. The lowest BCUT2D eigenvalue weighted by molar-refractivity contribution is -0.772. The van der Waals surface area contributed by atoms with Crippen molar-refractivity contribution in [1.29, 1.82) is 0 Å². The van der Waals surface area contributed by atoms with Crippen LogP contribution in [-0.2, 0) is 47.5 Å². The second kappa shape index (κ2) is 12.3. The van der Waals surface area contributed by atoms with E-state index in [-0.39, 0.29) is 16.9 Å². The molecule has 0 saturated carbocycles. The number of thiazole rings is 1. The van der Waals surface area contributed by atoms with Gasteiger partial charge < -0.3 is 31.5 Å². The number of β-lactam (4-membered cyclic amide) rings is 1. The van der Waals surface area contributed by atoms with Gasteiger partial charge in [-0.15, -0.1) is 20.3 Å². The van der Waals surface area contributed by atoms with E-state index in [1.165, 1.54) is 19.2 Å². The molecule has 0 spiro atoms. The Balaban J connectivity index is 1.50. The molecular formula is C24H31N8O10S2+. The molecule has 1 saturated heterocycles. The van der Waals surface area contributed by atoms with Crippen LogP contribution >= 0.6 is 11.3 Å². The molecule has 44 heavy (non-hydrogen) atoms. The number of nitrogens with two attached hydrogens (primary N) is 2. The van der Waals surface area contributed by atoms with E-state index in [1.54, 1.807) is 18.2 Å². The number of benzene rings is 1. The summed E-state index contributed by atoms with van der Waals surface area (Å²) in [5, 5.41) is 18.4. The van der Waals surface area contributed by atoms with Crippen LogP contribution in [0.3, 0.4) is 0 Å². The fourth-order valence-corrected chi connectivity index (χ4v) is 5.33. The van der Waals surface area contributed by atoms with E-state index in [9.17, 15) is 27.9 Å². The molecule has 1 aliphatic heterocycles. The maximum Gasteiger partial charge on any atom is 0.418 e. The monoisotopic (exact) mass is 655 g/mol. The third-order valence-electron chi connectivity index (χ3n) is 6.54. The van der Waals surface area contributed by atoms with Gasteiger partial charge >= 0.3 is 16.4 Å². The molecule has 1 fully saturated rings. The van der Waals surface area contributed by atoms with E-state index in [4.69, 9.17) is 25.6 Å². The van der Waals surface area contributed by atoms with Crippen LogP contribution in [0.25, 0.3) is 10.9 Å². The molecule has 18 nitrogen and oxygen atoms in total. The van der Waals surface area contributed by atoms with Crippen LogP contribution < -0.4 is 26.2 Å². The number of aliphatic carboxylic acids is 1. The number of fused-ring (bicyclic) bond motifs is 1. The van der Waals surface area contributed by atoms with Crippen molar-refractivity contribution >= 4 is 61.3 Å². The highest BCUT2D eigenvalue weighted by Gasteiger charge is 2.58. The Labute approximate surface area is 254 Å². The Bertz CT molecular complexity index is 1730. The van der Waals surface area contributed by atoms with Crippen molar-refractivity contribution in [3.05, 3.63) is 35.5 Å². The number of anilines is 1. The van der Waals surface area contributed by atoms with Crippen LogP contribution in [0, 0.1) is 0 Å². The first-order valence-electron chi connectivity index (χ1n) is 12.9. The quantitative estimate of drug-likeness (QED) is 0.0485. The van der Waals surface area contributed by atoms with Crippen LogP contribution in [0.1, 0.15) is 26.5 Å². The molecule has 20 heteroatoms. The maximum absolute atomic E-state index is 13.2. The summed E-state index contributed by atoms with van der Waals surface area (Å²) in [6.07, 6.45) is 0.205. The van der Waals surface area contributed by atoms with Gasteiger partial charge in [-0.1, -0.05) is 5.16 Å². The summed E-state index contributed by atoms with van der Waals surface area (Å²) in [7, 11) is -3.13. The van der Waals surface area contributed by atoms with E-state index in [0.717, 1.165) is 22.2 Å². The van der Waals surface area contributed by atoms with Crippen LogP contribution in [0.15, 0.2) is 34.9 Å². The van der Waals surface area contributed by atoms with Gasteiger partial charge in [-0.05, 0) is 39.0 Å². The Morgan fingerprint density at radius 3 is 2.61 bits per heavy atom. The Hall–Kier alpha value is -4.37. The minimum atomic E-state index is -5.01. The Morgan fingerprint density at radius 1 is 1.34 bits per heavy atom. The molecule has 1 aliphatic rings. The number of hydroxylamine groups is 2. The van der Waals surface area contributed by atoms with E-state index < -0.39 is 58.2 Å². The zero-order valence-electron chi connectivity index (χ0n) is 23.9. The van der Waals surface area contributed by atoms with Crippen molar-refractivity contribution in [1.82, 2.24) is 20.0 Å². The number of aromatic nitrogens is 3. The SMILES string of the molecule is CC(N)C[n+]1cc2cc(OCC(O/N=C(\C(=O)N[C@@H]3C(=O)N(OS(=O)(=O)O)C3(C)C)c3csc(N)n3)C(=O)O)ccc2n1C. The van der Waals surface area contributed by atoms with Crippen molar-refractivity contribution < 1.29 is 51.0 Å². The molecule has 0 radical (unpaired) electrons. The van der Waals surface area contributed by atoms with Gasteiger partial charge in [0.15, 0.2) is 17.4 Å². The minimum absolute atomic E-state index is 0.0601. The summed E-state index contributed by atoms with van der Waals surface area (Å²) in [6, 6.07) is 3.78. The van der Waals surface area contributed by atoms with Gasteiger partial charge in [0.05, 0.1) is 24.0 Å². The highest BCUT2D eigenvalue weighted by atomic mass is 32.3. The average molecular weight is 656 g/mol. The lowest BCUT2D eigenvalue weighted by Crippen LogP contribution is -2.76. The van der Waals surface area contributed by atoms with Gasteiger partial charge in [0.25, 0.3) is 17.9 Å². The molecule has 7 N–H and O–H groups in total. The van der Waals surface area contributed by atoms with E-state index in [1.807, 2.05) is 29.5 Å². The number of carboxylic acids is 1. The fourth-order valence-electron chi connectivity index (χ4n) is 4.33. The number of carbonyl (C=O) groups excluding carboxylic acids is 2. The summed E-state index contributed by atoms with van der Waals surface area (Å²) in [5.41, 5.74) is 10.5. The molecule has 0 aliphatic carbocycles. The normalized spacial score (nSPS) is 18.0. The number of rotatable bonds is 13. The standard InChI is InChI=1S/C24H30N8O10S2/c1-12(25)8-31-9-13-7-14(5-6-16(13)30(31)4)40-10-17(22(35)36)41-29-18(15-11-43-23(26)27-15)20(33)28-19-21(34)32(24(19,2)3)42-44(37,38)39/h5-7,9,11-12,17,19H,8,10,25H2,1-4H3,(H4-,26,27,28,33,35,36,37,38,39)/p+1/b29-18-/t12?,17?,19-/m1/s1. The highest BCUT2D eigenvalue weighted by molar-refractivity contribution is 7.80. The number of amides is 2. The Kier molecular flexibility index (Phi) is 9.11. The Morgan fingerprint density at radius 2 is 2.05 bits per heavy atom. The first kappa shape index (κ1) is 32.5. The summed E-state index contributed by atoms with van der Waals surface area (Å²) in [6.45, 7) is 4.69. The summed E-state index contributed by atoms with van der Waals surface area (Å²) in [5.74, 6) is -3.11. The van der Waals surface area contributed by atoms with E-state index in [2.05, 4.69) is 19.7 Å². The second-order valence-corrected chi connectivity index (χ2v) is 12.3. The number of carbonyl (C=O) groups is 3. The zero-order valence-corrected chi connectivity index (χ0v) is 25.5. The van der Waals surface area contributed by atoms with Gasteiger partial charge in [0.2, 0.25) is 6.20 Å². The number of nitrogens with zero attached hydrogens (tertiary/aromatic N) is 5.